The van der Waals surface area contributed by atoms with Crippen molar-refractivity contribution in [3.63, 3.8) is 0 Å². The highest BCUT2D eigenvalue weighted by atomic mass is 79.9. The van der Waals surface area contributed by atoms with Crippen LogP contribution < -0.4 is 0 Å². The zero-order chi connectivity index (χ0) is 13.1. The minimum absolute atomic E-state index is 0.737. The quantitative estimate of drug-likeness (QED) is 0.745. The molecule has 0 amide bonds. The van der Waals surface area contributed by atoms with Gasteiger partial charge in [-0.3, -0.25) is 4.90 Å². The highest BCUT2D eigenvalue weighted by Gasteiger charge is 2.28. The molecule has 0 bridgehead atoms. The van der Waals surface area contributed by atoms with Gasteiger partial charge in [-0.05, 0) is 31.0 Å². The summed E-state index contributed by atoms with van der Waals surface area (Å²) in [5.74, 6) is 2.01. The van der Waals surface area contributed by atoms with Gasteiger partial charge >= 0.3 is 0 Å². The zero-order valence-corrected chi connectivity index (χ0v) is 13.8. The van der Waals surface area contributed by atoms with Gasteiger partial charge in [0.25, 0.3) is 0 Å². The third-order valence-electron chi connectivity index (χ3n) is 4.43. The lowest BCUT2D eigenvalue weighted by Crippen LogP contribution is -2.39. The van der Waals surface area contributed by atoms with Crippen LogP contribution in [0.3, 0.4) is 0 Å². The van der Waals surface area contributed by atoms with Gasteiger partial charge in [0.05, 0.1) is 0 Å². The molecule has 0 radical (unpaired) electrons. The summed E-state index contributed by atoms with van der Waals surface area (Å²) in [6.45, 7) is 2.54. The fourth-order valence-corrected chi connectivity index (χ4v) is 5.29. The summed E-state index contributed by atoms with van der Waals surface area (Å²) in [7, 11) is 0. The molecule has 1 aromatic carbocycles. The van der Waals surface area contributed by atoms with Gasteiger partial charge in [0.1, 0.15) is 0 Å². The number of rotatable bonds is 3. The molecule has 3 rings (SSSR count). The molecule has 0 aliphatic carbocycles. The first-order chi connectivity index (χ1) is 9.38. The minimum Gasteiger partial charge on any atom is -0.299 e. The van der Waals surface area contributed by atoms with Crippen LogP contribution in [0.1, 0.15) is 37.2 Å². The minimum atomic E-state index is 0.737. The molecule has 104 valence electrons. The molecule has 1 nitrogen and oxygen atoms in total. The van der Waals surface area contributed by atoms with E-state index >= 15 is 0 Å². The lowest BCUT2D eigenvalue weighted by Gasteiger charge is -2.31. The predicted molar refractivity (Wildman–Crippen MR) is 87.5 cm³/mol. The Morgan fingerprint density at radius 3 is 3.00 bits per heavy atom. The van der Waals surface area contributed by atoms with E-state index in [4.69, 9.17) is 0 Å². The maximum absolute atomic E-state index is 3.72. The fraction of sp³-hybridized carbons (Fsp3) is 0.625. The molecule has 1 fully saturated rings. The Labute approximate surface area is 129 Å². The van der Waals surface area contributed by atoms with E-state index in [1.165, 1.54) is 49.4 Å². The molecular formula is C16H22BrNS. The average Bonchev–Trinajstić information content (AvgIpc) is 2.71. The Hall–Kier alpha value is 0.0100. The van der Waals surface area contributed by atoms with Crippen LogP contribution in [0.25, 0.3) is 0 Å². The van der Waals surface area contributed by atoms with Crippen LogP contribution in [0.4, 0.5) is 0 Å². The Kier molecular flexibility index (Phi) is 4.88. The summed E-state index contributed by atoms with van der Waals surface area (Å²) in [4.78, 5) is 4.26. The fourth-order valence-electron chi connectivity index (χ4n) is 3.32. The molecule has 2 unspecified atom stereocenters. The highest BCUT2D eigenvalue weighted by molar-refractivity contribution is 9.09. The Bertz CT molecular complexity index is 423. The monoisotopic (exact) mass is 339 g/mol. The van der Waals surface area contributed by atoms with Gasteiger partial charge < -0.3 is 0 Å². The number of hydrogen-bond acceptors (Lipinski definition) is 2. The second-order valence-electron chi connectivity index (χ2n) is 5.70. The third kappa shape index (κ3) is 3.20. The SMILES string of the molecule is BrCC1CCCCCN1CC1CSc2ccccc21. The molecule has 0 spiro atoms. The number of thioether (sulfide) groups is 1. The molecule has 0 saturated carbocycles. The van der Waals surface area contributed by atoms with Crippen molar-refractivity contribution in [2.75, 3.05) is 24.2 Å². The molecule has 2 atom stereocenters. The van der Waals surface area contributed by atoms with Crippen LogP contribution in [0.5, 0.6) is 0 Å². The van der Waals surface area contributed by atoms with Gasteiger partial charge in [-0.2, -0.15) is 0 Å². The van der Waals surface area contributed by atoms with Crippen LogP contribution >= 0.6 is 27.7 Å². The number of alkyl halides is 1. The van der Waals surface area contributed by atoms with Crippen molar-refractivity contribution in [3.05, 3.63) is 29.8 Å². The first-order valence-electron chi connectivity index (χ1n) is 7.40. The summed E-state index contributed by atoms with van der Waals surface area (Å²) in [5, 5.41) is 1.13. The van der Waals surface area contributed by atoms with E-state index in [0.717, 1.165) is 17.3 Å². The Morgan fingerprint density at radius 1 is 1.21 bits per heavy atom. The summed E-state index contributed by atoms with van der Waals surface area (Å²) in [6.07, 6.45) is 5.57. The second kappa shape index (κ2) is 6.64. The Morgan fingerprint density at radius 2 is 2.11 bits per heavy atom. The maximum atomic E-state index is 3.72. The number of likely N-dealkylation sites (tertiary alicyclic amines) is 1. The summed E-state index contributed by atoms with van der Waals surface area (Å²) in [5.41, 5.74) is 1.59. The van der Waals surface area contributed by atoms with Crippen LogP contribution in [0, 0.1) is 0 Å². The molecule has 1 aromatic rings. The third-order valence-corrected chi connectivity index (χ3v) is 6.43. The van der Waals surface area contributed by atoms with Gasteiger partial charge in [0.2, 0.25) is 0 Å². The van der Waals surface area contributed by atoms with Crippen molar-refractivity contribution in [1.29, 1.82) is 0 Å². The lowest BCUT2D eigenvalue weighted by atomic mass is 10.00. The van der Waals surface area contributed by atoms with Gasteiger partial charge in [0, 0.05) is 34.5 Å². The maximum Gasteiger partial charge on any atom is 0.0193 e. The first-order valence-corrected chi connectivity index (χ1v) is 9.51. The number of benzene rings is 1. The van der Waals surface area contributed by atoms with Crippen molar-refractivity contribution < 1.29 is 0 Å². The van der Waals surface area contributed by atoms with Crippen molar-refractivity contribution >= 4 is 27.7 Å². The lowest BCUT2D eigenvalue weighted by molar-refractivity contribution is 0.209. The smallest absolute Gasteiger partial charge is 0.0193 e. The Balaban J connectivity index is 1.70. The second-order valence-corrected chi connectivity index (χ2v) is 7.41. The number of nitrogens with zero attached hydrogens (tertiary/aromatic N) is 1. The van der Waals surface area contributed by atoms with E-state index in [0.29, 0.717) is 0 Å². The molecular weight excluding hydrogens is 318 g/mol. The standard InChI is InChI=1S/C16H22BrNS/c17-10-14-6-2-1-5-9-18(14)11-13-12-19-16-8-4-3-7-15(13)16/h3-4,7-8,13-14H,1-2,5-6,9-12H2. The zero-order valence-electron chi connectivity index (χ0n) is 11.4. The molecule has 3 heteroatoms. The van der Waals surface area contributed by atoms with E-state index in [-0.39, 0.29) is 0 Å². The van der Waals surface area contributed by atoms with E-state index in [9.17, 15) is 0 Å². The van der Waals surface area contributed by atoms with Crippen molar-refractivity contribution in [1.82, 2.24) is 4.90 Å². The molecule has 0 aromatic heterocycles. The topological polar surface area (TPSA) is 3.24 Å². The van der Waals surface area contributed by atoms with E-state index < -0.39 is 0 Å². The van der Waals surface area contributed by atoms with Gasteiger partial charge in [-0.1, -0.05) is 47.0 Å². The summed E-state index contributed by atoms with van der Waals surface area (Å²) in [6, 6.07) is 9.73. The summed E-state index contributed by atoms with van der Waals surface area (Å²) >= 11 is 5.76. The van der Waals surface area contributed by atoms with Crippen molar-refractivity contribution in [2.24, 2.45) is 0 Å². The van der Waals surface area contributed by atoms with Gasteiger partial charge in [-0.25, -0.2) is 0 Å². The van der Waals surface area contributed by atoms with Crippen molar-refractivity contribution in [2.45, 2.75) is 42.5 Å². The average molecular weight is 340 g/mol. The number of fused-ring (bicyclic) bond motifs is 1. The molecule has 2 aliphatic rings. The van der Waals surface area contributed by atoms with Crippen LogP contribution in [-0.2, 0) is 0 Å². The number of halogens is 1. The van der Waals surface area contributed by atoms with Gasteiger partial charge in [-0.15, -0.1) is 11.8 Å². The van der Waals surface area contributed by atoms with E-state index in [1.807, 2.05) is 11.8 Å². The van der Waals surface area contributed by atoms with E-state index in [2.05, 4.69) is 45.1 Å². The van der Waals surface area contributed by atoms with Crippen LogP contribution in [0.2, 0.25) is 0 Å². The molecule has 0 N–H and O–H groups in total. The summed E-state index contributed by atoms with van der Waals surface area (Å²) < 4.78 is 0. The predicted octanol–water partition coefficient (Wildman–Crippen LogP) is 4.52. The van der Waals surface area contributed by atoms with Crippen LogP contribution in [0.15, 0.2) is 29.2 Å². The van der Waals surface area contributed by atoms with Gasteiger partial charge in [0.15, 0.2) is 0 Å². The molecule has 19 heavy (non-hydrogen) atoms. The first kappa shape index (κ1) is 14.0. The molecule has 2 heterocycles. The molecule has 1 saturated heterocycles. The highest BCUT2D eigenvalue weighted by Crippen LogP contribution is 2.40. The largest absolute Gasteiger partial charge is 0.299 e. The van der Waals surface area contributed by atoms with Crippen molar-refractivity contribution in [3.8, 4) is 0 Å². The van der Waals surface area contributed by atoms with Crippen LogP contribution in [-0.4, -0.2) is 35.1 Å². The molecule has 2 aliphatic heterocycles. The van der Waals surface area contributed by atoms with E-state index in [1.54, 1.807) is 5.56 Å². The number of hydrogen-bond donors (Lipinski definition) is 0. The normalized spacial score (nSPS) is 28.1.